The molecule has 0 atom stereocenters. The quantitative estimate of drug-likeness (QED) is 0.593. The van der Waals surface area contributed by atoms with Crippen LogP contribution in [0.2, 0.25) is 0 Å². The molecule has 0 bridgehead atoms. The Balaban J connectivity index is 3.52. The van der Waals surface area contributed by atoms with Gasteiger partial charge in [-0.25, -0.2) is 0 Å². The second-order valence-corrected chi connectivity index (χ2v) is 5.36. The molecule has 0 aromatic heterocycles. The van der Waals surface area contributed by atoms with Crippen LogP contribution in [0, 0.1) is 5.92 Å². The summed E-state index contributed by atoms with van der Waals surface area (Å²) in [4.78, 5) is 7.20. The molecule has 0 radical (unpaired) electrons. The first kappa shape index (κ1) is 15.9. The Morgan fingerprint density at radius 2 is 1.19 bits per heavy atom. The molecular formula is C13H31N3. The summed E-state index contributed by atoms with van der Waals surface area (Å²) in [6, 6.07) is 0. The van der Waals surface area contributed by atoms with Crippen molar-refractivity contribution in [2.45, 2.75) is 20.8 Å². The average molecular weight is 229 g/mol. The fraction of sp³-hybridized carbons (Fsp3) is 1.00. The Kier molecular flexibility index (Phi) is 8.90. The van der Waals surface area contributed by atoms with Crippen LogP contribution in [0.25, 0.3) is 0 Å². The van der Waals surface area contributed by atoms with Gasteiger partial charge in [0.15, 0.2) is 0 Å². The fourth-order valence-electron chi connectivity index (χ4n) is 1.67. The maximum atomic E-state index is 2.42. The Bertz CT molecular complexity index is 159. The SMILES string of the molecule is CCN(C)CCN(C)CCN(C)CC(C)C. The first-order valence-electron chi connectivity index (χ1n) is 6.51. The summed E-state index contributed by atoms with van der Waals surface area (Å²) in [5.41, 5.74) is 0. The lowest BCUT2D eigenvalue weighted by molar-refractivity contribution is 0.220. The van der Waals surface area contributed by atoms with E-state index < -0.39 is 0 Å². The number of hydrogen-bond donors (Lipinski definition) is 0. The van der Waals surface area contributed by atoms with E-state index in [0.29, 0.717) is 0 Å². The van der Waals surface area contributed by atoms with Gasteiger partial charge in [-0.3, -0.25) is 0 Å². The first-order chi connectivity index (χ1) is 7.45. The van der Waals surface area contributed by atoms with Gasteiger partial charge in [0.2, 0.25) is 0 Å². The minimum absolute atomic E-state index is 0.765. The fourth-order valence-corrected chi connectivity index (χ4v) is 1.67. The van der Waals surface area contributed by atoms with E-state index in [4.69, 9.17) is 0 Å². The van der Waals surface area contributed by atoms with Gasteiger partial charge in [0.25, 0.3) is 0 Å². The zero-order valence-corrected chi connectivity index (χ0v) is 12.2. The Hall–Kier alpha value is -0.120. The lowest BCUT2D eigenvalue weighted by atomic mass is 10.2. The van der Waals surface area contributed by atoms with E-state index in [1.807, 2.05) is 0 Å². The molecule has 0 saturated heterocycles. The Morgan fingerprint density at radius 3 is 1.62 bits per heavy atom. The molecule has 0 amide bonds. The summed E-state index contributed by atoms with van der Waals surface area (Å²) < 4.78 is 0. The molecule has 3 heteroatoms. The normalized spacial score (nSPS) is 12.4. The van der Waals surface area contributed by atoms with Crippen LogP contribution in [0.3, 0.4) is 0 Å². The molecule has 0 aliphatic carbocycles. The minimum Gasteiger partial charge on any atom is -0.305 e. The van der Waals surface area contributed by atoms with Gasteiger partial charge in [-0.2, -0.15) is 0 Å². The predicted octanol–water partition coefficient (Wildman–Crippen LogP) is 1.46. The van der Waals surface area contributed by atoms with Crippen molar-refractivity contribution < 1.29 is 0 Å². The summed E-state index contributed by atoms with van der Waals surface area (Å²) in [6.07, 6.45) is 0. The van der Waals surface area contributed by atoms with Crippen LogP contribution >= 0.6 is 0 Å². The molecule has 16 heavy (non-hydrogen) atoms. The van der Waals surface area contributed by atoms with Gasteiger partial charge in [-0.05, 0) is 33.6 Å². The molecule has 0 saturated carbocycles. The van der Waals surface area contributed by atoms with Crippen molar-refractivity contribution >= 4 is 0 Å². The molecule has 0 aliphatic heterocycles. The van der Waals surface area contributed by atoms with Crippen molar-refractivity contribution in [1.29, 1.82) is 0 Å². The number of nitrogens with zero attached hydrogens (tertiary/aromatic N) is 3. The maximum absolute atomic E-state index is 2.42. The van der Waals surface area contributed by atoms with Gasteiger partial charge in [0.05, 0.1) is 0 Å². The van der Waals surface area contributed by atoms with E-state index in [9.17, 15) is 0 Å². The molecular weight excluding hydrogens is 198 g/mol. The summed E-state index contributed by atoms with van der Waals surface area (Å²) in [5.74, 6) is 0.765. The smallest absolute Gasteiger partial charge is 0.0107 e. The molecule has 0 spiro atoms. The summed E-state index contributed by atoms with van der Waals surface area (Å²) in [7, 11) is 6.61. The highest BCUT2D eigenvalue weighted by Gasteiger charge is 2.04. The second-order valence-electron chi connectivity index (χ2n) is 5.36. The third-order valence-corrected chi connectivity index (χ3v) is 2.94. The molecule has 0 aromatic carbocycles. The van der Waals surface area contributed by atoms with Gasteiger partial charge in [-0.15, -0.1) is 0 Å². The molecule has 0 aliphatic rings. The Morgan fingerprint density at radius 1 is 0.750 bits per heavy atom. The first-order valence-corrected chi connectivity index (χ1v) is 6.51. The summed E-state index contributed by atoms with van der Waals surface area (Å²) in [6.45, 7) is 13.8. The van der Waals surface area contributed by atoms with Crippen LogP contribution in [0.15, 0.2) is 0 Å². The number of likely N-dealkylation sites (N-methyl/N-ethyl adjacent to an activating group) is 3. The van der Waals surface area contributed by atoms with Crippen LogP contribution < -0.4 is 0 Å². The summed E-state index contributed by atoms with van der Waals surface area (Å²) >= 11 is 0. The topological polar surface area (TPSA) is 9.72 Å². The zero-order valence-electron chi connectivity index (χ0n) is 12.2. The lowest BCUT2D eigenvalue weighted by Crippen LogP contribution is -2.36. The van der Waals surface area contributed by atoms with Crippen molar-refractivity contribution in [2.24, 2.45) is 5.92 Å². The van der Waals surface area contributed by atoms with Crippen LogP contribution in [-0.4, -0.2) is 75.1 Å². The lowest BCUT2D eigenvalue weighted by Gasteiger charge is -2.24. The molecule has 0 fully saturated rings. The monoisotopic (exact) mass is 229 g/mol. The zero-order chi connectivity index (χ0) is 12.6. The van der Waals surface area contributed by atoms with Crippen LogP contribution in [0.1, 0.15) is 20.8 Å². The van der Waals surface area contributed by atoms with E-state index in [1.54, 1.807) is 0 Å². The minimum atomic E-state index is 0.765. The highest BCUT2D eigenvalue weighted by atomic mass is 15.2. The molecule has 0 rings (SSSR count). The predicted molar refractivity (Wildman–Crippen MR) is 73.0 cm³/mol. The maximum Gasteiger partial charge on any atom is 0.0107 e. The third kappa shape index (κ3) is 9.13. The van der Waals surface area contributed by atoms with Gasteiger partial charge in [-0.1, -0.05) is 20.8 Å². The van der Waals surface area contributed by atoms with Crippen LogP contribution in [-0.2, 0) is 0 Å². The number of hydrogen-bond acceptors (Lipinski definition) is 3. The largest absolute Gasteiger partial charge is 0.305 e. The van der Waals surface area contributed by atoms with Crippen LogP contribution in [0.5, 0.6) is 0 Å². The standard InChI is InChI=1S/C13H31N3/c1-7-14(4)8-9-15(5)10-11-16(6)12-13(2)3/h13H,7-12H2,1-6H3. The molecule has 0 heterocycles. The number of rotatable bonds is 9. The van der Waals surface area contributed by atoms with Gasteiger partial charge >= 0.3 is 0 Å². The molecule has 3 nitrogen and oxygen atoms in total. The van der Waals surface area contributed by atoms with E-state index in [1.165, 1.54) is 32.7 Å². The molecule has 98 valence electrons. The highest BCUT2D eigenvalue weighted by Crippen LogP contribution is 1.96. The van der Waals surface area contributed by atoms with Crippen LogP contribution in [0.4, 0.5) is 0 Å². The average Bonchev–Trinajstić information content (AvgIpc) is 2.22. The van der Waals surface area contributed by atoms with Gasteiger partial charge in [0, 0.05) is 32.7 Å². The van der Waals surface area contributed by atoms with Crippen molar-refractivity contribution in [3.63, 3.8) is 0 Å². The molecule has 0 N–H and O–H groups in total. The third-order valence-electron chi connectivity index (χ3n) is 2.94. The van der Waals surface area contributed by atoms with E-state index in [2.05, 4.69) is 56.6 Å². The van der Waals surface area contributed by atoms with Gasteiger partial charge < -0.3 is 14.7 Å². The van der Waals surface area contributed by atoms with E-state index in [-0.39, 0.29) is 0 Å². The highest BCUT2D eigenvalue weighted by molar-refractivity contribution is 4.60. The van der Waals surface area contributed by atoms with Crippen molar-refractivity contribution in [2.75, 3.05) is 60.4 Å². The molecule has 0 aromatic rings. The Labute approximate surface area is 102 Å². The second kappa shape index (κ2) is 8.97. The van der Waals surface area contributed by atoms with Crippen molar-refractivity contribution in [3.8, 4) is 0 Å². The molecule has 0 unspecified atom stereocenters. The van der Waals surface area contributed by atoms with E-state index >= 15 is 0 Å². The van der Waals surface area contributed by atoms with E-state index in [0.717, 1.165) is 12.5 Å². The summed E-state index contributed by atoms with van der Waals surface area (Å²) in [5, 5.41) is 0. The van der Waals surface area contributed by atoms with Gasteiger partial charge in [0.1, 0.15) is 0 Å². The van der Waals surface area contributed by atoms with Crippen molar-refractivity contribution in [3.05, 3.63) is 0 Å². The van der Waals surface area contributed by atoms with Crippen molar-refractivity contribution in [1.82, 2.24) is 14.7 Å².